The van der Waals surface area contributed by atoms with Gasteiger partial charge in [-0.2, -0.15) is 0 Å². The third kappa shape index (κ3) is 3.84. The molecule has 2 saturated heterocycles. The van der Waals surface area contributed by atoms with E-state index in [0.717, 1.165) is 44.8 Å². The summed E-state index contributed by atoms with van der Waals surface area (Å²) < 4.78 is 5.64. The van der Waals surface area contributed by atoms with Crippen molar-refractivity contribution in [3.05, 3.63) is 29.8 Å². The molecule has 1 aromatic rings. The molecular weight excluding hydrogens is 312 g/mol. The van der Waals surface area contributed by atoms with Gasteiger partial charge < -0.3 is 9.64 Å². The van der Waals surface area contributed by atoms with Crippen LogP contribution in [0.2, 0.25) is 0 Å². The summed E-state index contributed by atoms with van der Waals surface area (Å²) >= 11 is 0. The molecule has 2 heterocycles. The quantitative estimate of drug-likeness (QED) is 0.822. The molecule has 1 aliphatic carbocycles. The summed E-state index contributed by atoms with van der Waals surface area (Å²) in [6, 6.07) is 9.05. The number of benzene rings is 1. The minimum absolute atomic E-state index is 0.326. The fourth-order valence-corrected chi connectivity index (χ4v) is 4.70. The Balaban J connectivity index is 1.42. The van der Waals surface area contributed by atoms with Gasteiger partial charge in [-0.15, -0.1) is 0 Å². The van der Waals surface area contributed by atoms with E-state index >= 15 is 0 Å². The van der Waals surface area contributed by atoms with Crippen LogP contribution in [0.15, 0.2) is 24.3 Å². The number of ether oxygens (including phenoxy) is 1. The molecule has 0 radical (unpaired) electrons. The van der Waals surface area contributed by atoms with Crippen LogP contribution in [0, 0.1) is 5.41 Å². The van der Waals surface area contributed by atoms with Gasteiger partial charge in [-0.05, 0) is 63.3 Å². The lowest BCUT2D eigenvalue weighted by atomic mass is 9.73. The smallest absolute Gasteiger partial charge is 0.222 e. The number of piperidine rings is 2. The zero-order valence-electron chi connectivity index (χ0n) is 15.4. The molecule has 0 N–H and O–H groups in total. The lowest BCUT2D eigenvalue weighted by molar-refractivity contribution is -0.140. The van der Waals surface area contributed by atoms with Gasteiger partial charge >= 0.3 is 0 Å². The van der Waals surface area contributed by atoms with Crippen LogP contribution in [0.1, 0.15) is 51.0 Å². The summed E-state index contributed by atoms with van der Waals surface area (Å²) in [5.41, 5.74) is 1.65. The van der Waals surface area contributed by atoms with Crippen molar-refractivity contribution in [3.8, 4) is 5.75 Å². The monoisotopic (exact) mass is 342 g/mol. The van der Waals surface area contributed by atoms with Crippen LogP contribution in [0.3, 0.4) is 0 Å². The normalized spacial score (nSPS) is 27.7. The van der Waals surface area contributed by atoms with Gasteiger partial charge in [0.1, 0.15) is 5.75 Å². The van der Waals surface area contributed by atoms with Gasteiger partial charge in [0.15, 0.2) is 0 Å². The first-order chi connectivity index (χ1) is 12.2. The molecule has 25 heavy (non-hydrogen) atoms. The van der Waals surface area contributed by atoms with Crippen LogP contribution in [0.4, 0.5) is 0 Å². The third-order valence-electron chi connectivity index (χ3n) is 6.04. The number of amides is 1. The minimum atomic E-state index is 0.326. The van der Waals surface area contributed by atoms with Crippen LogP contribution >= 0.6 is 0 Å². The summed E-state index contributed by atoms with van der Waals surface area (Å²) in [7, 11) is 0. The number of carbonyl (C=O) groups excluding carboxylic acids is 1. The number of hydrogen-bond donors (Lipinski definition) is 0. The molecule has 1 atom stereocenters. The molecule has 0 aromatic heterocycles. The van der Waals surface area contributed by atoms with Gasteiger partial charge in [-0.3, -0.25) is 9.69 Å². The minimum Gasteiger partial charge on any atom is -0.494 e. The first-order valence-corrected chi connectivity index (χ1v) is 9.91. The highest BCUT2D eigenvalue weighted by Gasteiger charge is 2.45. The summed E-state index contributed by atoms with van der Waals surface area (Å²) in [6.07, 6.45) is 6.79. The maximum absolute atomic E-state index is 12.3. The molecule has 3 aliphatic rings. The van der Waals surface area contributed by atoms with E-state index in [9.17, 15) is 4.79 Å². The van der Waals surface area contributed by atoms with E-state index in [1.807, 2.05) is 13.0 Å². The number of hydrogen-bond acceptors (Lipinski definition) is 3. The Morgan fingerprint density at radius 1 is 1.24 bits per heavy atom. The number of rotatable bonds is 5. The van der Waals surface area contributed by atoms with Crippen LogP contribution in [0.25, 0.3) is 0 Å². The number of carbonyl (C=O) groups is 1. The fourth-order valence-electron chi connectivity index (χ4n) is 4.70. The molecule has 1 spiro atoms. The topological polar surface area (TPSA) is 32.8 Å². The lowest BCUT2D eigenvalue weighted by Crippen LogP contribution is -2.54. The predicted octanol–water partition coefficient (Wildman–Crippen LogP) is 3.45. The van der Waals surface area contributed by atoms with Crippen molar-refractivity contribution in [2.75, 3.05) is 26.2 Å². The summed E-state index contributed by atoms with van der Waals surface area (Å²) in [5.74, 6) is 1.37. The number of nitrogens with zero attached hydrogens (tertiary/aromatic N) is 2. The van der Waals surface area contributed by atoms with E-state index in [0.29, 0.717) is 24.0 Å². The Labute approximate surface area is 151 Å². The fraction of sp³-hybridized carbons (Fsp3) is 0.667. The van der Waals surface area contributed by atoms with E-state index in [1.165, 1.54) is 31.2 Å². The SMILES string of the molecule is CCOc1cccc(CN2CCCC3(CCC(=O)N(C4CC4)C3)C2)c1. The second-order valence-electron chi connectivity index (χ2n) is 8.15. The molecule has 1 saturated carbocycles. The molecule has 4 heteroatoms. The summed E-state index contributed by atoms with van der Waals surface area (Å²) in [4.78, 5) is 17.1. The first-order valence-electron chi connectivity index (χ1n) is 9.91. The van der Waals surface area contributed by atoms with Gasteiger partial charge in [-0.25, -0.2) is 0 Å². The largest absolute Gasteiger partial charge is 0.494 e. The lowest BCUT2D eigenvalue weighted by Gasteiger charge is -2.48. The van der Waals surface area contributed by atoms with Crippen molar-refractivity contribution < 1.29 is 9.53 Å². The highest BCUT2D eigenvalue weighted by Crippen LogP contribution is 2.42. The average molecular weight is 342 g/mol. The Bertz CT molecular complexity index is 628. The van der Waals surface area contributed by atoms with E-state index in [4.69, 9.17) is 4.74 Å². The van der Waals surface area contributed by atoms with Gasteiger partial charge in [0.25, 0.3) is 0 Å². The zero-order chi connectivity index (χ0) is 17.3. The number of likely N-dealkylation sites (tertiary alicyclic amines) is 2. The van der Waals surface area contributed by atoms with Gasteiger partial charge in [0.05, 0.1) is 6.61 Å². The molecule has 136 valence electrons. The van der Waals surface area contributed by atoms with Crippen LogP contribution < -0.4 is 4.74 Å². The molecule has 1 amide bonds. The molecule has 4 rings (SSSR count). The van der Waals surface area contributed by atoms with Crippen molar-refractivity contribution in [3.63, 3.8) is 0 Å². The van der Waals surface area contributed by atoms with E-state index in [-0.39, 0.29) is 0 Å². The van der Waals surface area contributed by atoms with Crippen molar-refractivity contribution >= 4 is 5.91 Å². The van der Waals surface area contributed by atoms with Gasteiger partial charge in [0.2, 0.25) is 5.91 Å². The second-order valence-corrected chi connectivity index (χ2v) is 8.15. The average Bonchev–Trinajstić information content (AvgIpc) is 3.43. The van der Waals surface area contributed by atoms with Crippen LogP contribution in [-0.2, 0) is 11.3 Å². The zero-order valence-corrected chi connectivity index (χ0v) is 15.4. The Hall–Kier alpha value is -1.55. The van der Waals surface area contributed by atoms with Crippen molar-refractivity contribution in [2.45, 2.75) is 58.0 Å². The molecule has 2 aliphatic heterocycles. The highest BCUT2D eigenvalue weighted by atomic mass is 16.5. The molecule has 0 bridgehead atoms. The molecule has 1 unspecified atom stereocenters. The Morgan fingerprint density at radius 2 is 2.12 bits per heavy atom. The Kier molecular flexibility index (Phi) is 4.72. The highest BCUT2D eigenvalue weighted by molar-refractivity contribution is 5.78. The molecule has 3 fully saturated rings. The molecular formula is C21H30N2O2. The summed E-state index contributed by atoms with van der Waals surface area (Å²) in [5, 5.41) is 0. The molecule has 1 aromatic carbocycles. The third-order valence-corrected chi connectivity index (χ3v) is 6.04. The standard InChI is InChI=1S/C21H30N2O2/c1-2-25-19-6-3-5-17(13-19)14-22-12-4-10-21(15-22)11-9-20(24)23(16-21)18-7-8-18/h3,5-6,13,18H,2,4,7-12,14-16H2,1H3. The van der Waals surface area contributed by atoms with Crippen molar-refractivity contribution in [2.24, 2.45) is 5.41 Å². The van der Waals surface area contributed by atoms with E-state index in [1.54, 1.807) is 0 Å². The van der Waals surface area contributed by atoms with E-state index in [2.05, 4.69) is 28.0 Å². The summed E-state index contributed by atoms with van der Waals surface area (Å²) in [6.45, 7) is 7.00. The predicted molar refractivity (Wildman–Crippen MR) is 98.5 cm³/mol. The second kappa shape index (κ2) is 6.99. The maximum atomic E-state index is 12.3. The van der Waals surface area contributed by atoms with Gasteiger partial charge in [-0.1, -0.05) is 12.1 Å². The maximum Gasteiger partial charge on any atom is 0.222 e. The van der Waals surface area contributed by atoms with Gasteiger partial charge in [0, 0.05) is 37.5 Å². The first kappa shape index (κ1) is 16.9. The van der Waals surface area contributed by atoms with E-state index < -0.39 is 0 Å². The van der Waals surface area contributed by atoms with Crippen molar-refractivity contribution in [1.29, 1.82) is 0 Å². The van der Waals surface area contributed by atoms with Crippen LogP contribution in [-0.4, -0.2) is 48.0 Å². The Morgan fingerprint density at radius 3 is 2.92 bits per heavy atom. The van der Waals surface area contributed by atoms with Crippen LogP contribution in [0.5, 0.6) is 5.75 Å². The molecule has 4 nitrogen and oxygen atoms in total. The van der Waals surface area contributed by atoms with Crippen molar-refractivity contribution in [1.82, 2.24) is 9.80 Å².